The summed E-state index contributed by atoms with van der Waals surface area (Å²) in [4.78, 5) is 27.6. The molecule has 1 fully saturated rings. The number of halogens is 3. The van der Waals surface area contributed by atoms with E-state index in [4.69, 9.17) is 39.9 Å². The van der Waals surface area contributed by atoms with Crippen LogP contribution in [0.1, 0.15) is 55.1 Å². The van der Waals surface area contributed by atoms with Crippen LogP contribution in [-0.2, 0) is 4.79 Å². The van der Waals surface area contributed by atoms with Crippen molar-refractivity contribution >= 4 is 46.6 Å². The van der Waals surface area contributed by atoms with Gasteiger partial charge in [0.15, 0.2) is 5.69 Å². The average molecular weight is 548 g/mol. The first-order valence-corrected chi connectivity index (χ1v) is 13.3. The molecular formula is C27H29Cl3N4O2. The molecule has 2 amide bonds. The van der Waals surface area contributed by atoms with Crippen molar-refractivity contribution in [3.8, 4) is 16.9 Å². The van der Waals surface area contributed by atoms with Crippen molar-refractivity contribution in [3.63, 3.8) is 0 Å². The molecule has 0 atom stereocenters. The van der Waals surface area contributed by atoms with Crippen molar-refractivity contribution in [2.45, 2.75) is 52.0 Å². The molecule has 2 aromatic carbocycles. The number of nitrogens with zero attached hydrogens (tertiary/aromatic N) is 3. The number of rotatable bonds is 7. The Hall–Kier alpha value is -2.54. The van der Waals surface area contributed by atoms with E-state index in [-0.39, 0.29) is 17.9 Å². The van der Waals surface area contributed by atoms with Gasteiger partial charge in [-0.3, -0.25) is 9.59 Å². The van der Waals surface area contributed by atoms with Gasteiger partial charge in [-0.05, 0) is 56.5 Å². The summed E-state index contributed by atoms with van der Waals surface area (Å²) >= 11 is 18.7. The van der Waals surface area contributed by atoms with Gasteiger partial charge in [0.25, 0.3) is 5.91 Å². The monoisotopic (exact) mass is 546 g/mol. The molecule has 0 spiro atoms. The van der Waals surface area contributed by atoms with Gasteiger partial charge in [0.05, 0.1) is 16.4 Å². The normalized spacial score (nSPS) is 14.2. The number of carbonyl (C=O) groups excluding carboxylic acids is 2. The average Bonchev–Trinajstić information content (AvgIpc) is 3.20. The van der Waals surface area contributed by atoms with E-state index < -0.39 is 0 Å². The molecule has 0 aliphatic carbocycles. The van der Waals surface area contributed by atoms with Gasteiger partial charge in [-0.1, -0.05) is 60.3 Å². The summed E-state index contributed by atoms with van der Waals surface area (Å²) in [5, 5.41) is 9.37. The lowest BCUT2D eigenvalue weighted by molar-refractivity contribution is -0.132. The zero-order valence-corrected chi connectivity index (χ0v) is 22.6. The number of benzene rings is 2. The second kappa shape index (κ2) is 11.7. The molecular weight excluding hydrogens is 519 g/mol. The summed E-state index contributed by atoms with van der Waals surface area (Å²) < 4.78 is 1.68. The molecule has 1 aliphatic heterocycles. The third kappa shape index (κ3) is 5.88. The van der Waals surface area contributed by atoms with Crippen LogP contribution in [0, 0.1) is 6.92 Å². The van der Waals surface area contributed by atoms with Crippen molar-refractivity contribution < 1.29 is 9.59 Å². The lowest BCUT2D eigenvalue weighted by atomic mass is 10.0. The first-order valence-electron chi connectivity index (χ1n) is 12.2. The molecule has 0 bridgehead atoms. The summed E-state index contributed by atoms with van der Waals surface area (Å²) in [5.41, 5.74) is 3.28. The van der Waals surface area contributed by atoms with Gasteiger partial charge in [0.1, 0.15) is 0 Å². The van der Waals surface area contributed by atoms with E-state index in [9.17, 15) is 9.59 Å². The quantitative estimate of drug-likeness (QED) is 0.357. The van der Waals surface area contributed by atoms with Crippen molar-refractivity contribution in [1.82, 2.24) is 20.0 Å². The smallest absolute Gasteiger partial charge is 0.272 e. The fourth-order valence-electron chi connectivity index (χ4n) is 4.50. The van der Waals surface area contributed by atoms with Gasteiger partial charge in [-0.25, -0.2) is 4.68 Å². The van der Waals surface area contributed by atoms with Crippen LogP contribution in [0.4, 0.5) is 0 Å². The first-order chi connectivity index (χ1) is 17.3. The minimum absolute atomic E-state index is 0.0182. The number of hydrogen-bond acceptors (Lipinski definition) is 3. The Labute approximate surface area is 226 Å². The maximum atomic E-state index is 13.4. The molecule has 0 unspecified atom stereocenters. The number of amides is 2. The fourth-order valence-corrected chi connectivity index (χ4v) is 5.11. The summed E-state index contributed by atoms with van der Waals surface area (Å²) in [5.74, 6) is -0.0500. The van der Waals surface area contributed by atoms with Crippen LogP contribution < -0.4 is 5.32 Å². The van der Waals surface area contributed by atoms with Crippen LogP contribution in [0.2, 0.25) is 15.1 Å². The van der Waals surface area contributed by atoms with Gasteiger partial charge in [-0.15, -0.1) is 0 Å². The highest BCUT2D eigenvalue weighted by Crippen LogP contribution is 2.33. The molecule has 0 saturated carbocycles. The highest BCUT2D eigenvalue weighted by atomic mass is 35.5. The zero-order valence-electron chi connectivity index (χ0n) is 20.4. The summed E-state index contributed by atoms with van der Waals surface area (Å²) in [6.07, 6.45) is 3.94. The number of piperidine rings is 1. The number of nitrogens with one attached hydrogen (secondary N) is 1. The Morgan fingerprint density at radius 1 is 1.03 bits per heavy atom. The topological polar surface area (TPSA) is 67.2 Å². The zero-order chi connectivity index (χ0) is 25.8. The molecule has 2 heterocycles. The number of carbonyl (C=O) groups is 2. The van der Waals surface area contributed by atoms with E-state index in [2.05, 4.69) is 12.2 Å². The first kappa shape index (κ1) is 26.5. The molecule has 190 valence electrons. The minimum Gasteiger partial charge on any atom is -0.348 e. The van der Waals surface area contributed by atoms with Gasteiger partial charge in [-0.2, -0.15) is 5.10 Å². The van der Waals surface area contributed by atoms with Crippen LogP contribution in [0.3, 0.4) is 0 Å². The summed E-state index contributed by atoms with van der Waals surface area (Å²) in [6.45, 7) is 5.26. The molecule has 9 heteroatoms. The lowest BCUT2D eigenvalue weighted by Gasteiger charge is -2.32. The van der Waals surface area contributed by atoms with Crippen molar-refractivity contribution in [2.75, 3.05) is 13.1 Å². The van der Waals surface area contributed by atoms with Gasteiger partial charge < -0.3 is 10.2 Å². The molecule has 0 radical (unpaired) electrons. The van der Waals surface area contributed by atoms with Crippen LogP contribution >= 0.6 is 34.8 Å². The van der Waals surface area contributed by atoms with Crippen molar-refractivity contribution in [3.05, 3.63) is 68.8 Å². The molecule has 1 N–H and O–H groups in total. The van der Waals surface area contributed by atoms with E-state index in [1.807, 2.05) is 24.0 Å². The fraction of sp³-hybridized carbons (Fsp3) is 0.370. The maximum absolute atomic E-state index is 13.4. The van der Waals surface area contributed by atoms with Crippen LogP contribution in [0.5, 0.6) is 0 Å². The van der Waals surface area contributed by atoms with Crippen LogP contribution in [-0.4, -0.2) is 45.6 Å². The Morgan fingerprint density at radius 3 is 2.33 bits per heavy atom. The maximum Gasteiger partial charge on any atom is 0.272 e. The highest BCUT2D eigenvalue weighted by Gasteiger charge is 2.27. The van der Waals surface area contributed by atoms with Crippen molar-refractivity contribution in [2.24, 2.45) is 0 Å². The summed E-state index contributed by atoms with van der Waals surface area (Å²) in [6, 6.07) is 12.5. The van der Waals surface area contributed by atoms with E-state index >= 15 is 0 Å². The largest absolute Gasteiger partial charge is 0.348 e. The van der Waals surface area contributed by atoms with E-state index in [0.717, 1.165) is 42.5 Å². The third-order valence-electron chi connectivity index (χ3n) is 6.52. The van der Waals surface area contributed by atoms with Crippen LogP contribution in [0.25, 0.3) is 16.9 Å². The molecule has 1 aromatic heterocycles. The van der Waals surface area contributed by atoms with Crippen LogP contribution in [0.15, 0.2) is 42.5 Å². The van der Waals surface area contributed by atoms with Crippen molar-refractivity contribution in [1.29, 1.82) is 0 Å². The molecule has 4 rings (SSSR count). The molecule has 1 saturated heterocycles. The molecule has 36 heavy (non-hydrogen) atoms. The Bertz CT molecular complexity index is 1250. The van der Waals surface area contributed by atoms with Gasteiger partial charge in [0.2, 0.25) is 5.91 Å². The predicted octanol–water partition coefficient (Wildman–Crippen LogP) is 6.72. The number of likely N-dealkylation sites (tertiary alicyclic amines) is 1. The minimum atomic E-state index is -0.248. The Morgan fingerprint density at radius 2 is 1.69 bits per heavy atom. The second-order valence-electron chi connectivity index (χ2n) is 9.07. The van der Waals surface area contributed by atoms with E-state index in [1.54, 1.807) is 35.0 Å². The molecule has 3 aromatic rings. The number of hydrogen-bond donors (Lipinski definition) is 1. The Kier molecular flexibility index (Phi) is 8.60. The molecule has 1 aliphatic rings. The van der Waals surface area contributed by atoms with E-state index in [0.29, 0.717) is 46.0 Å². The highest BCUT2D eigenvalue weighted by molar-refractivity contribution is 6.35. The predicted molar refractivity (Wildman–Crippen MR) is 145 cm³/mol. The molecule has 6 nitrogen and oxygen atoms in total. The van der Waals surface area contributed by atoms with Gasteiger partial charge >= 0.3 is 0 Å². The Balaban J connectivity index is 1.59. The second-order valence-corrected chi connectivity index (χ2v) is 10.3. The number of aromatic nitrogens is 2. The number of unbranched alkanes of at least 4 members (excludes halogenated alkanes) is 1. The SMILES string of the molecule is CCCCC(=O)N1CCC(NC(=O)c2nn(-c3ccc(Cl)cc3Cl)c(-c3ccc(Cl)cc3)c2C)CC1. The standard InChI is InChI=1S/C27H29Cl3N4O2/c1-3-4-5-24(35)33-14-12-21(13-15-33)31-27(36)25-17(2)26(18-6-8-19(28)9-7-18)34(32-25)23-11-10-20(29)16-22(23)30/h6-11,16,21H,3-5,12-15H2,1-2H3,(H,31,36). The summed E-state index contributed by atoms with van der Waals surface area (Å²) in [7, 11) is 0. The lowest BCUT2D eigenvalue weighted by Crippen LogP contribution is -2.46. The van der Waals surface area contributed by atoms with E-state index in [1.165, 1.54) is 0 Å². The van der Waals surface area contributed by atoms with Gasteiger partial charge in [0, 0.05) is 46.7 Å². The third-order valence-corrected chi connectivity index (χ3v) is 7.31.